The van der Waals surface area contributed by atoms with Crippen LogP contribution in [-0.4, -0.2) is 39.2 Å². The van der Waals surface area contributed by atoms with Gasteiger partial charge in [0.15, 0.2) is 4.34 Å². The Morgan fingerprint density at radius 1 is 1.15 bits per heavy atom. The molecule has 0 saturated heterocycles. The smallest absolute Gasteiger partial charge is 0.229 e. The molecule has 0 bridgehead atoms. The van der Waals surface area contributed by atoms with E-state index in [9.17, 15) is 4.39 Å². The Hall–Kier alpha value is -2.53. The van der Waals surface area contributed by atoms with E-state index in [0.29, 0.717) is 29.2 Å². The predicted octanol–water partition coefficient (Wildman–Crippen LogP) is 2.41. The second-order valence-electron chi connectivity index (χ2n) is 5.45. The number of benzene rings is 1. The first kappa shape index (κ1) is 18.3. The maximum absolute atomic E-state index is 12.9. The van der Waals surface area contributed by atoms with Gasteiger partial charge in [0.2, 0.25) is 17.0 Å². The summed E-state index contributed by atoms with van der Waals surface area (Å²) in [6.07, 6.45) is 0. The molecule has 0 aliphatic heterocycles. The highest BCUT2D eigenvalue weighted by Crippen LogP contribution is 2.28. The average Bonchev–Trinajstić information content (AvgIpc) is 3.07. The van der Waals surface area contributed by atoms with E-state index in [0.717, 1.165) is 9.90 Å². The maximum Gasteiger partial charge on any atom is 0.229 e. The van der Waals surface area contributed by atoms with Gasteiger partial charge in [0.25, 0.3) is 0 Å². The molecule has 0 aliphatic carbocycles. The highest BCUT2D eigenvalue weighted by atomic mass is 32.2. The van der Waals surface area contributed by atoms with Crippen LogP contribution in [0.5, 0.6) is 0 Å². The van der Waals surface area contributed by atoms with Crippen molar-refractivity contribution in [3.05, 3.63) is 41.5 Å². The Labute approximate surface area is 158 Å². The summed E-state index contributed by atoms with van der Waals surface area (Å²) in [7, 11) is 3.69. The minimum Gasteiger partial charge on any atom is -0.368 e. The summed E-state index contributed by atoms with van der Waals surface area (Å²) in [4.78, 5) is 14.3. The highest BCUT2D eigenvalue weighted by Gasteiger charge is 2.09. The fourth-order valence-corrected chi connectivity index (χ4v) is 3.54. The summed E-state index contributed by atoms with van der Waals surface area (Å²) < 4.78 is 13.7. The van der Waals surface area contributed by atoms with E-state index in [4.69, 9.17) is 5.73 Å². The molecule has 0 saturated carbocycles. The number of aromatic nitrogens is 5. The monoisotopic (exact) mass is 392 g/mol. The maximum atomic E-state index is 12.9. The molecule has 136 valence electrons. The number of thioether (sulfide) groups is 1. The molecular weight excluding hydrogens is 375 g/mol. The molecule has 0 aliphatic rings. The Balaban J connectivity index is 1.56. The second kappa shape index (κ2) is 8.23. The zero-order valence-corrected chi connectivity index (χ0v) is 15.8. The van der Waals surface area contributed by atoms with Crippen molar-refractivity contribution in [2.75, 3.05) is 30.0 Å². The van der Waals surface area contributed by atoms with E-state index in [1.165, 1.54) is 35.2 Å². The first-order chi connectivity index (χ1) is 12.5. The number of hydrogen-bond acceptors (Lipinski definition) is 10. The molecule has 3 N–H and O–H groups in total. The molecule has 3 aromatic rings. The molecule has 3 rings (SSSR count). The number of anilines is 3. The van der Waals surface area contributed by atoms with Gasteiger partial charge in [0.05, 0.1) is 5.75 Å². The lowest BCUT2D eigenvalue weighted by atomic mass is 10.2. The van der Waals surface area contributed by atoms with Gasteiger partial charge in [0, 0.05) is 20.6 Å². The van der Waals surface area contributed by atoms with Gasteiger partial charge in [-0.3, -0.25) is 0 Å². The number of nitrogens with one attached hydrogen (secondary N) is 1. The van der Waals surface area contributed by atoms with Crippen molar-refractivity contribution in [1.82, 2.24) is 25.1 Å². The molecule has 2 heterocycles. The van der Waals surface area contributed by atoms with Crippen molar-refractivity contribution in [3.63, 3.8) is 0 Å². The van der Waals surface area contributed by atoms with E-state index in [2.05, 4.69) is 30.5 Å². The lowest BCUT2D eigenvalue weighted by Crippen LogP contribution is -2.15. The Morgan fingerprint density at radius 3 is 2.65 bits per heavy atom. The SMILES string of the molecule is CN(C)c1nc(N)nc(CSc2nnc(NCc3ccc(F)cc3)s2)n1. The summed E-state index contributed by atoms with van der Waals surface area (Å²) in [5, 5.41) is 12.1. The number of halogens is 1. The van der Waals surface area contributed by atoms with Gasteiger partial charge in [-0.1, -0.05) is 35.2 Å². The Bertz CT molecular complexity index is 868. The molecule has 0 amide bonds. The van der Waals surface area contributed by atoms with Gasteiger partial charge in [-0.05, 0) is 17.7 Å². The van der Waals surface area contributed by atoms with Crippen molar-refractivity contribution < 1.29 is 4.39 Å². The lowest BCUT2D eigenvalue weighted by molar-refractivity contribution is 0.627. The summed E-state index contributed by atoms with van der Waals surface area (Å²) in [5.41, 5.74) is 6.68. The zero-order chi connectivity index (χ0) is 18.5. The molecule has 0 unspecified atom stereocenters. The number of nitrogens with two attached hydrogens (primary N) is 1. The van der Waals surface area contributed by atoms with Crippen LogP contribution in [0.25, 0.3) is 0 Å². The van der Waals surface area contributed by atoms with Gasteiger partial charge in [-0.15, -0.1) is 10.2 Å². The van der Waals surface area contributed by atoms with Crippen molar-refractivity contribution >= 4 is 40.1 Å². The van der Waals surface area contributed by atoms with Gasteiger partial charge < -0.3 is 16.0 Å². The molecule has 0 atom stereocenters. The molecule has 0 fully saturated rings. The van der Waals surface area contributed by atoms with E-state index >= 15 is 0 Å². The molecule has 0 radical (unpaired) electrons. The Kier molecular flexibility index (Phi) is 5.78. The molecule has 8 nitrogen and oxygen atoms in total. The third kappa shape index (κ3) is 4.99. The van der Waals surface area contributed by atoms with Crippen LogP contribution in [0.3, 0.4) is 0 Å². The van der Waals surface area contributed by atoms with Crippen molar-refractivity contribution in [2.24, 2.45) is 0 Å². The van der Waals surface area contributed by atoms with Crippen LogP contribution in [0.15, 0.2) is 28.6 Å². The molecule has 1 aromatic carbocycles. The lowest BCUT2D eigenvalue weighted by Gasteiger charge is -2.10. The minimum absolute atomic E-state index is 0.193. The van der Waals surface area contributed by atoms with Crippen LogP contribution < -0.4 is 16.0 Å². The van der Waals surface area contributed by atoms with E-state index in [1.54, 1.807) is 17.0 Å². The van der Waals surface area contributed by atoms with Gasteiger partial charge in [-0.25, -0.2) is 4.39 Å². The standard InChI is InChI=1S/C15H17FN8S2/c1-24(2)13-20-11(19-12(17)21-13)8-25-15-23-22-14(26-15)18-7-9-3-5-10(16)6-4-9/h3-6H,7-8H2,1-2H3,(H,18,22)(H2,17,19,20,21). The highest BCUT2D eigenvalue weighted by molar-refractivity contribution is 8.00. The minimum atomic E-state index is -0.250. The van der Waals surface area contributed by atoms with Crippen molar-refractivity contribution in [2.45, 2.75) is 16.6 Å². The van der Waals surface area contributed by atoms with E-state index in [1.807, 2.05) is 14.1 Å². The van der Waals surface area contributed by atoms with Crippen LogP contribution in [0, 0.1) is 5.82 Å². The fourth-order valence-electron chi connectivity index (χ4n) is 1.94. The number of nitrogen functional groups attached to an aromatic ring is 1. The summed E-state index contributed by atoms with van der Waals surface area (Å²) in [5.74, 6) is 1.56. The van der Waals surface area contributed by atoms with Crippen molar-refractivity contribution in [3.8, 4) is 0 Å². The van der Waals surface area contributed by atoms with E-state index < -0.39 is 0 Å². The van der Waals surface area contributed by atoms with Crippen LogP contribution >= 0.6 is 23.1 Å². The van der Waals surface area contributed by atoms with Crippen LogP contribution in [0.4, 0.5) is 21.4 Å². The van der Waals surface area contributed by atoms with Crippen LogP contribution in [-0.2, 0) is 12.3 Å². The zero-order valence-electron chi connectivity index (χ0n) is 14.2. The topological polar surface area (TPSA) is 106 Å². The van der Waals surface area contributed by atoms with E-state index in [-0.39, 0.29) is 11.8 Å². The van der Waals surface area contributed by atoms with Crippen LogP contribution in [0.2, 0.25) is 0 Å². The largest absolute Gasteiger partial charge is 0.368 e. The van der Waals surface area contributed by atoms with Crippen molar-refractivity contribution in [1.29, 1.82) is 0 Å². The predicted molar refractivity (Wildman–Crippen MR) is 102 cm³/mol. The molecule has 0 spiro atoms. The third-order valence-corrected chi connectivity index (χ3v) is 5.19. The molecular formula is C15H17FN8S2. The average molecular weight is 392 g/mol. The fraction of sp³-hybridized carbons (Fsp3) is 0.267. The van der Waals surface area contributed by atoms with Gasteiger partial charge >= 0.3 is 0 Å². The molecule has 26 heavy (non-hydrogen) atoms. The first-order valence-corrected chi connectivity index (χ1v) is 9.42. The third-order valence-electron chi connectivity index (χ3n) is 3.18. The van der Waals surface area contributed by atoms with Gasteiger partial charge in [-0.2, -0.15) is 15.0 Å². The molecule has 11 heteroatoms. The normalized spacial score (nSPS) is 10.7. The quantitative estimate of drug-likeness (QED) is 0.586. The van der Waals surface area contributed by atoms with Gasteiger partial charge in [0.1, 0.15) is 11.6 Å². The number of hydrogen-bond donors (Lipinski definition) is 2. The summed E-state index contributed by atoms with van der Waals surface area (Å²) in [6, 6.07) is 6.32. The number of nitrogens with zero attached hydrogens (tertiary/aromatic N) is 6. The number of rotatable bonds is 7. The summed E-state index contributed by atoms with van der Waals surface area (Å²) in [6.45, 7) is 0.551. The summed E-state index contributed by atoms with van der Waals surface area (Å²) >= 11 is 2.91. The first-order valence-electron chi connectivity index (χ1n) is 7.62. The second-order valence-corrected chi connectivity index (χ2v) is 7.65. The van der Waals surface area contributed by atoms with Crippen LogP contribution in [0.1, 0.15) is 11.4 Å². The molecule has 2 aromatic heterocycles. The Morgan fingerprint density at radius 2 is 1.92 bits per heavy atom.